The van der Waals surface area contributed by atoms with Crippen LogP contribution in [0.4, 0.5) is 5.69 Å². The molecule has 0 saturated carbocycles. The van der Waals surface area contributed by atoms with Gasteiger partial charge in [-0.3, -0.25) is 4.79 Å². The second-order valence-electron chi connectivity index (χ2n) is 6.12. The van der Waals surface area contributed by atoms with Crippen LogP contribution in [0.5, 0.6) is 0 Å². The lowest BCUT2D eigenvalue weighted by Gasteiger charge is -2.11. The van der Waals surface area contributed by atoms with Crippen molar-refractivity contribution in [2.75, 3.05) is 19.0 Å². The van der Waals surface area contributed by atoms with Crippen LogP contribution in [0.25, 0.3) is 11.0 Å². The number of furan rings is 1. The zero-order valence-corrected chi connectivity index (χ0v) is 15.6. The zero-order valence-electron chi connectivity index (χ0n) is 14.8. The lowest BCUT2D eigenvalue weighted by molar-refractivity contribution is 0.0956. The van der Waals surface area contributed by atoms with Gasteiger partial charge in [0.25, 0.3) is 10.0 Å². The van der Waals surface area contributed by atoms with E-state index in [0.29, 0.717) is 17.6 Å². The minimum absolute atomic E-state index is 0.0477. The Kier molecular flexibility index (Phi) is 4.73. The number of anilines is 1. The minimum Gasteiger partial charge on any atom is -0.451 e. The van der Waals surface area contributed by atoms with Crippen LogP contribution >= 0.6 is 0 Å². The number of hydrogen-bond donors (Lipinski definition) is 1. The standard InChI is InChI=1S/C19H20N2O4S/c1-4-13-7-5-6-8-18(13)26(23,24)20-19(22)17-11-14-9-10-15(21(2)3)12-16(14)25-17/h5-12H,4H2,1-3H3,(H,20,22). The SMILES string of the molecule is CCc1ccccc1S(=O)(=O)NC(=O)c1cc2ccc(N(C)C)cc2o1. The van der Waals surface area contributed by atoms with Gasteiger partial charge in [0, 0.05) is 31.2 Å². The fourth-order valence-electron chi connectivity index (χ4n) is 2.70. The van der Waals surface area contributed by atoms with Gasteiger partial charge in [-0.1, -0.05) is 25.1 Å². The molecule has 7 heteroatoms. The van der Waals surface area contributed by atoms with Crippen LogP contribution in [0.3, 0.4) is 0 Å². The second-order valence-corrected chi connectivity index (χ2v) is 7.77. The Hall–Kier alpha value is -2.80. The van der Waals surface area contributed by atoms with E-state index >= 15 is 0 Å². The number of carbonyl (C=O) groups is 1. The van der Waals surface area contributed by atoms with Gasteiger partial charge in [-0.05, 0) is 36.2 Å². The molecule has 0 atom stereocenters. The predicted octanol–water partition coefficient (Wildman–Crippen LogP) is 3.18. The number of hydrogen-bond acceptors (Lipinski definition) is 5. The van der Waals surface area contributed by atoms with Crippen molar-refractivity contribution in [3.63, 3.8) is 0 Å². The molecule has 0 aliphatic carbocycles. The van der Waals surface area contributed by atoms with E-state index in [1.165, 1.54) is 12.1 Å². The van der Waals surface area contributed by atoms with Crippen molar-refractivity contribution < 1.29 is 17.6 Å². The summed E-state index contributed by atoms with van der Waals surface area (Å²) in [5, 5.41) is 0.729. The molecule has 0 aliphatic heterocycles. The number of benzene rings is 2. The van der Waals surface area contributed by atoms with Gasteiger partial charge in [-0.2, -0.15) is 0 Å². The van der Waals surface area contributed by atoms with Gasteiger partial charge in [-0.25, -0.2) is 13.1 Å². The monoisotopic (exact) mass is 372 g/mol. The van der Waals surface area contributed by atoms with Crippen LogP contribution in [0.2, 0.25) is 0 Å². The number of nitrogens with one attached hydrogen (secondary N) is 1. The number of aryl methyl sites for hydroxylation is 1. The van der Waals surface area contributed by atoms with Crippen molar-refractivity contribution in [2.45, 2.75) is 18.2 Å². The second kappa shape index (κ2) is 6.84. The van der Waals surface area contributed by atoms with E-state index < -0.39 is 15.9 Å². The maximum atomic E-state index is 12.6. The Balaban J connectivity index is 1.91. The third-order valence-electron chi connectivity index (χ3n) is 4.11. The number of amides is 1. The summed E-state index contributed by atoms with van der Waals surface area (Å²) < 4.78 is 32.8. The first kappa shape index (κ1) is 18.0. The molecule has 1 amide bonds. The van der Waals surface area contributed by atoms with Crippen LogP contribution in [-0.2, 0) is 16.4 Å². The van der Waals surface area contributed by atoms with Gasteiger partial charge < -0.3 is 9.32 Å². The van der Waals surface area contributed by atoms with Crippen molar-refractivity contribution >= 4 is 32.6 Å². The third kappa shape index (κ3) is 3.43. The molecular formula is C19H20N2O4S. The summed E-state index contributed by atoms with van der Waals surface area (Å²) in [6.07, 6.45) is 0.545. The largest absolute Gasteiger partial charge is 0.451 e. The fraction of sp³-hybridized carbons (Fsp3) is 0.211. The first-order valence-corrected chi connectivity index (χ1v) is 9.66. The highest BCUT2D eigenvalue weighted by atomic mass is 32.2. The van der Waals surface area contributed by atoms with Gasteiger partial charge in [0.2, 0.25) is 0 Å². The molecule has 0 saturated heterocycles. The summed E-state index contributed by atoms with van der Waals surface area (Å²) in [4.78, 5) is 14.4. The van der Waals surface area contributed by atoms with Crippen molar-refractivity contribution in [3.05, 3.63) is 59.9 Å². The Morgan fingerprint density at radius 2 is 1.85 bits per heavy atom. The van der Waals surface area contributed by atoms with Crippen LogP contribution < -0.4 is 9.62 Å². The van der Waals surface area contributed by atoms with E-state index in [2.05, 4.69) is 4.72 Å². The van der Waals surface area contributed by atoms with Crippen molar-refractivity contribution in [1.29, 1.82) is 0 Å². The molecule has 0 spiro atoms. The van der Waals surface area contributed by atoms with E-state index in [4.69, 9.17) is 4.42 Å². The molecule has 0 fully saturated rings. The summed E-state index contributed by atoms with van der Waals surface area (Å²) in [5.74, 6) is -0.841. The molecule has 0 aliphatic rings. The summed E-state index contributed by atoms with van der Waals surface area (Å²) in [6, 6.07) is 13.7. The highest BCUT2D eigenvalue weighted by Gasteiger charge is 2.23. The molecule has 2 aromatic carbocycles. The van der Waals surface area contributed by atoms with E-state index in [0.717, 1.165) is 11.1 Å². The quantitative estimate of drug-likeness (QED) is 0.744. The van der Waals surface area contributed by atoms with E-state index in [1.54, 1.807) is 24.3 Å². The maximum absolute atomic E-state index is 12.6. The first-order valence-electron chi connectivity index (χ1n) is 8.18. The predicted molar refractivity (Wildman–Crippen MR) is 101 cm³/mol. The van der Waals surface area contributed by atoms with Gasteiger partial charge in [0.15, 0.2) is 5.76 Å². The van der Waals surface area contributed by atoms with Crippen LogP contribution in [0.1, 0.15) is 23.0 Å². The Labute approximate surface area is 152 Å². The molecule has 6 nitrogen and oxygen atoms in total. The zero-order chi connectivity index (χ0) is 18.9. The summed E-state index contributed by atoms with van der Waals surface area (Å²) >= 11 is 0. The lowest BCUT2D eigenvalue weighted by atomic mass is 10.2. The lowest BCUT2D eigenvalue weighted by Crippen LogP contribution is -2.30. The molecule has 1 heterocycles. The molecule has 0 radical (unpaired) electrons. The molecule has 136 valence electrons. The number of rotatable bonds is 5. The van der Waals surface area contributed by atoms with Crippen LogP contribution in [-0.4, -0.2) is 28.4 Å². The number of nitrogens with zero attached hydrogens (tertiary/aromatic N) is 1. The number of carbonyl (C=O) groups excluding carboxylic acids is 1. The van der Waals surface area contributed by atoms with Gasteiger partial charge in [0.1, 0.15) is 5.58 Å². The first-order chi connectivity index (χ1) is 12.3. The Morgan fingerprint density at radius 1 is 1.12 bits per heavy atom. The molecule has 3 aromatic rings. The van der Waals surface area contributed by atoms with E-state index in [1.807, 2.05) is 38.1 Å². The van der Waals surface area contributed by atoms with Crippen molar-refractivity contribution in [2.24, 2.45) is 0 Å². The van der Waals surface area contributed by atoms with E-state index in [-0.39, 0.29) is 10.7 Å². The summed E-state index contributed by atoms with van der Waals surface area (Å²) in [6.45, 7) is 1.86. The minimum atomic E-state index is -3.98. The molecule has 26 heavy (non-hydrogen) atoms. The molecule has 0 unspecified atom stereocenters. The van der Waals surface area contributed by atoms with Gasteiger partial charge >= 0.3 is 5.91 Å². The average molecular weight is 372 g/mol. The summed E-state index contributed by atoms with van der Waals surface area (Å²) in [7, 11) is -0.181. The topological polar surface area (TPSA) is 79.6 Å². The smallest absolute Gasteiger partial charge is 0.300 e. The van der Waals surface area contributed by atoms with Crippen LogP contribution in [0.15, 0.2) is 57.8 Å². The van der Waals surface area contributed by atoms with Crippen molar-refractivity contribution in [1.82, 2.24) is 4.72 Å². The molecule has 1 aromatic heterocycles. The summed E-state index contributed by atoms with van der Waals surface area (Å²) in [5.41, 5.74) is 2.09. The third-order valence-corrected chi connectivity index (χ3v) is 5.55. The van der Waals surface area contributed by atoms with Gasteiger partial charge in [0.05, 0.1) is 4.90 Å². The van der Waals surface area contributed by atoms with E-state index in [9.17, 15) is 13.2 Å². The molecular weight excluding hydrogens is 352 g/mol. The molecule has 1 N–H and O–H groups in total. The maximum Gasteiger partial charge on any atom is 0.300 e. The average Bonchev–Trinajstić information content (AvgIpc) is 3.04. The molecule has 3 rings (SSSR count). The molecule has 0 bridgehead atoms. The highest BCUT2D eigenvalue weighted by molar-refractivity contribution is 7.90. The van der Waals surface area contributed by atoms with Crippen molar-refractivity contribution in [3.8, 4) is 0 Å². The van der Waals surface area contributed by atoms with Crippen LogP contribution in [0, 0.1) is 0 Å². The fourth-order valence-corrected chi connectivity index (χ4v) is 3.97. The Morgan fingerprint density at radius 3 is 2.54 bits per heavy atom. The highest BCUT2D eigenvalue weighted by Crippen LogP contribution is 2.25. The number of fused-ring (bicyclic) bond motifs is 1. The van der Waals surface area contributed by atoms with Gasteiger partial charge in [-0.15, -0.1) is 0 Å². The number of sulfonamides is 1. The Bertz CT molecular complexity index is 1070. The normalized spacial score (nSPS) is 11.5.